The minimum atomic E-state index is -0.263. The Labute approximate surface area is 171 Å². The van der Waals surface area contributed by atoms with Crippen molar-refractivity contribution in [3.63, 3.8) is 0 Å². The van der Waals surface area contributed by atoms with Crippen LogP contribution in [-0.2, 0) is 9.59 Å². The normalized spacial score (nSPS) is 10.8. The number of benzene rings is 2. The molecule has 0 saturated carbocycles. The van der Waals surface area contributed by atoms with Crippen molar-refractivity contribution in [2.45, 2.75) is 34.6 Å². The highest BCUT2D eigenvalue weighted by Crippen LogP contribution is 2.28. The van der Waals surface area contributed by atoms with Gasteiger partial charge in [-0.2, -0.15) is 0 Å². The minimum absolute atomic E-state index is 0.0382. The molecule has 2 aromatic carbocycles. The first-order chi connectivity index (χ1) is 13.6. The van der Waals surface area contributed by atoms with E-state index < -0.39 is 0 Å². The van der Waals surface area contributed by atoms with E-state index in [-0.39, 0.29) is 36.4 Å². The number of hydrogen-bond donors (Lipinski definition) is 4. The second kappa shape index (κ2) is 9.43. The van der Waals surface area contributed by atoms with Gasteiger partial charge in [0.15, 0.2) is 0 Å². The number of anilines is 2. The summed E-state index contributed by atoms with van der Waals surface area (Å²) in [5.74, 6) is -0.286. The van der Waals surface area contributed by atoms with Crippen molar-refractivity contribution in [2.24, 2.45) is 0 Å². The van der Waals surface area contributed by atoms with Crippen molar-refractivity contribution in [3.8, 4) is 11.5 Å². The van der Waals surface area contributed by atoms with Gasteiger partial charge in [0.05, 0.1) is 24.5 Å². The van der Waals surface area contributed by atoms with Gasteiger partial charge < -0.3 is 20.8 Å². The monoisotopic (exact) mass is 399 g/mol. The molecule has 0 spiro atoms. The van der Waals surface area contributed by atoms with Gasteiger partial charge >= 0.3 is 0 Å². The predicted molar refractivity (Wildman–Crippen MR) is 115 cm³/mol. The molecule has 0 aliphatic rings. The van der Waals surface area contributed by atoms with Crippen LogP contribution in [0.15, 0.2) is 24.3 Å². The van der Waals surface area contributed by atoms with E-state index in [9.17, 15) is 19.8 Å². The van der Waals surface area contributed by atoms with Gasteiger partial charge in [0.25, 0.3) is 0 Å². The number of carbonyl (C=O) groups excluding carboxylic acids is 2. The molecule has 0 heterocycles. The quantitative estimate of drug-likeness (QED) is 0.573. The van der Waals surface area contributed by atoms with Gasteiger partial charge in [-0.1, -0.05) is 19.1 Å². The van der Waals surface area contributed by atoms with Crippen LogP contribution in [0.25, 0.3) is 0 Å². The molecule has 0 aromatic heterocycles. The van der Waals surface area contributed by atoms with Crippen LogP contribution in [0.1, 0.15) is 29.2 Å². The topological polar surface area (TPSA) is 102 Å². The Bertz CT molecular complexity index is 851. The molecule has 7 heteroatoms. The van der Waals surface area contributed by atoms with E-state index in [1.807, 2.05) is 20.8 Å². The van der Waals surface area contributed by atoms with Crippen molar-refractivity contribution < 1.29 is 19.8 Å². The van der Waals surface area contributed by atoms with Crippen LogP contribution in [0.5, 0.6) is 11.5 Å². The van der Waals surface area contributed by atoms with Gasteiger partial charge in [-0.3, -0.25) is 14.5 Å². The van der Waals surface area contributed by atoms with Gasteiger partial charge in [0.2, 0.25) is 11.8 Å². The van der Waals surface area contributed by atoms with Crippen LogP contribution >= 0.6 is 0 Å². The van der Waals surface area contributed by atoms with Crippen LogP contribution in [0.3, 0.4) is 0 Å². The van der Waals surface area contributed by atoms with Crippen LogP contribution in [0.4, 0.5) is 11.4 Å². The second-order valence-corrected chi connectivity index (χ2v) is 7.20. The summed E-state index contributed by atoms with van der Waals surface area (Å²) in [7, 11) is 0. The number of rotatable bonds is 7. The first-order valence-corrected chi connectivity index (χ1v) is 9.54. The lowest BCUT2D eigenvalue weighted by atomic mass is 10.1. The zero-order chi connectivity index (χ0) is 21.7. The summed E-state index contributed by atoms with van der Waals surface area (Å²) >= 11 is 0. The molecule has 0 aliphatic carbocycles. The molecule has 2 aromatic rings. The summed E-state index contributed by atoms with van der Waals surface area (Å²) in [6, 6.07) is 6.66. The summed E-state index contributed by atoms with van der Waals surface area (Å²) in [6.07, 6.45) is 0. The van der Waals surface area contributed by atoms with E-state index in [4.69, 9.17) is 0 Å². The number of nitrogens with one attached hydrogen (secondary N) is 2. The Hall–Kier alpha value is -3.06. The molecule has 0 atom stereocenters. The largest absolute Gasteiger partial charge is 0.508 e. The van der Waals surface area contributed by atoms with Gasteiger partial charge in [0, 0.05) is 11.1 Å². The molecule has 0 bridgehead atoms. The smallest absolute Gasteiger partial charge is 0.238 e. The van der Waals surface area contributed by atoms with Crippen LogP contribution < -0.4 is 10.6 Å². The SMILES string of the molecule is CCN(CC(=O)Nc1c(C)ccc(O)c1C)CC(=O)Nc1c(C)ccc(O)c1C. The highest BCUT2D eigenvalue weighted by Gasteiger charge is 2.17. The fourth-order valence-electron chi connectivity index (χ4n) is 3.10. The third kappa shape index (κ3) is 5.48. The third-order valence-corrected chi connectivity index (χ3v) is 5.00. The number of aryl methyl sites for hydroxylation is 2. The lowest BCUT2D eigenvalue weighted by molar-refractivity contribution is -0.119. The molecular formula is C22H29N3O4. The van der Waals surface area contributed by atoms with Crippen molar-refractivity contribution >= 4 is 23.2 Å². The molecule has 0 fully saturated rings. The molecule has 0 unspecified atom stereocenters. The van der Waals surface area contributed by atoms with Gasteiger partial charge in [-0.15, -0.1) is 0 Å². The Kier molecular flexibility index (Phi) is 7.23. The van der Waals surface area contributed by atoms with Crippen LogP contribution in [-0.4, -0.2) is 46.6 Å². The number of nitrogens with zero attached hydrogens (tertiary/aromatic N) is 1. The first-order valence-electron chi connectivity index (χ1n) is 9.54. The van der Waals surface area contributed by atoms with E-state index in [0.717, 1.165) is 11.1 Å². The van der Waals surface area contributed by atoms with E-state index in [0.29, 0.717) is 29.0 Å². The van der Waals surface area contributed by atoms with E-state index in [1.165, 1.54) is 0 Å². The molecule has 0 radical (unpaired) electrons. The Balaban J connectivity index is 2.02. The van der Waals surface area contributed by atoms with Gasteiger partial charge in [-0.25, -0.2) is 0 Å². The fraction of sp³-hybridized carbons (Fsp3) is 0.364. The average Bonchev–Trinajstić information content (AvgIpc) is 2.68. The maximum atomic E-state index is 12.5. The van der Waals surface area contributed by atoms with Crippen molar-refractivity contribution in [2.75, 3.05) is 30.3 Å². The van der Waals surface area contributed by atoms with E-state index in [2.05, 4.69) is 10.6 Å². The zero-order valence-electron chi connectivity index (χ0n) is 17.6. The van der Waals surface area contributed by atoms with Crippen LogP contribution in [0.2, 0.25) is 0 Å². The molecule has 29 heavy (non-hydrogen) atoms. The molecule has 7 nitrogen and oxygen atoms in total. The van der Waals surface area contributed by atoms with Crippen molar-refractivity contribution in [1.82, 2.24) is 4.90 Å². The maximum absolute atomic E-state index is 12.5. The summed E-state index contributed by atoms with van der Waals surface area (Å²) in [5.41, 5.74) is 4.08. The molecule has 4 N–H and O–H groups in total. The average molecular weight is 399 g/mol. The highest BCUT2D eigenvalue weighted by molar-refractivity contribution is 5.96. The fourth-order valence-corrected chi connectivity index (χ4v) is 3.10. The lowest BCUT2D eigenvalue weighted by Gasteiger charge is -2.21. The first kappa shape index (κ1) is 22.2. The number of hydrogen-bond acceptors (Lipinski definition) is 5. The Morgan fingerprint density at radius 2 is 1.17 bits per heavy atom. The molecule has 2 amide bonds. The second-order valence-electron chi connectivity index (χ2n) is 7.20. The Morgan fingerprint density at radius 1 is 0.793 bits per heavy atom. The van der Waals surface area contributed by atoms with Gasteiger partial charge in [0.1, 0.15) is 11.5 Å². The number of aromatic hydroxyl groups is 2. The standard InChI is InChI=1S/C22H29N3O4/c1-6-25(11-19(28)23-21-13(2)7-9-17(26)15(21)4)12-20(29)24-22-14(3)8-10-18(27)16(22)5/h7-10,26-27H,6,11-12H2,1-5H3,(H,23,28)(H,24,29). The van der Waals surface area contributed by atoms with E-state index >= 15 is 0 Å². The molecule has 156 valence electrons. The number of amides is 2. The number of likely N-dealkylation sites (N-methyl/N-ethyl adjacent to an activating group) is 1. The maximum Gasteiger partial charge on any atom is 0.238 e. The molecular weight excluding hydrogens is 370 g/mol. The van der Waals surface area contributed by atoms with Gasteiger partial charge in [-0.05, 0) is 57.5 Å². The Morgan fingerprint density at radius 3 is 1.52 bits per heavy atom. The lowest BCUT2D eigenvalue weighted by Crippen LogP contribution is -2.39. The highest BCUT2D eigenvalue weighted by atomic mass is 16.3. The van der Waals surface area contributed by atoms with Crippen molar-refractivity contribution in [1.29, 1.82) is 0 Å². The molecule has 0 aliphatic heterocycles. The summed E-state index contributed by atoms with van der Waals surface area (Å²) in [4.78, 5) is 26.7. The zero-order valence-corrected chi connectivity index (χ0v) is 17.6. The van der Waals surface area contributed by atoms with Crippen molar-refractivity contribution in [3.05, 3.63) is 46.5 Å². The minimum Gasteiger partial charge on any atom is -0.508 e. The number of carbonyl (C=O) groups is 2. The summed E-state index contributed by atoms with van der Waals surface area (Å²) < 4.78 is 0. The predicted octanol–water partition coefficient (Wildman–Crippen LogP) is 3.23. The number of phenolic OH excluding ortho intramolecular Hbond substituents is 2. The third-order valence-electron chi connectivity index (χ3n) is 5.00. The summed E-state index contributed by atoms with van der Waals surface area (Å²) in [6.45, 7) is 9.64. The molecule has 0 saturated heterocycles. The summed E-state index contributed by atoms with van der Waals surface area (Å²) in [5, 5.41) is 25.4. The number of phenols is 2. The molecule has 2 rings (SSSR count). The van der Waals surface area contributed by atoms with Crippen LogP contribution in [0, 0.1) is 27.7 Å². The van der Waals surface area contributed by atoms with E-state index in [1.54, 1.807) is 43.0 Å².